The first-order valence-corrected chi connectivity index (χ1v) is 7.72. The van der Waals surface area contributed by atoms with E-state index in [1.165, 1.54) is 28.3 Å². The number of amides is 1. The third-order valence-electron chi connectivity index (χ3n) is 3.54. The van der Waals surface area contributed by atoms with E-state index in [2.05, 4.69) is 10.3 Å². The molecule has 1 aliphatic carbocycles. The molecule has 0 aliphatic heterocycles. The van der Waals surface area contributed by atoms with Crippen LogP contribution >= 0.6 is 23.7 Å². The van der Waals surface area contributed by atoms with Crippen LogP contribution in [-0.4, -0.2) is 10.9 Å². The summed E-state index contributed by atoms with van der Waals surface area (Å²) >= 11 is 1.44. The fraction of sp³-hybridized carbons (Fsp3) is 0.333. The van der Waals surface area contributed by atoms with Crippen molar-refractivity contribution in [1.29, 1.82) is 0 Å². The Kier molecular flexibility index (Phi) is 5.31. The first-order chi connectivity index (χ1) is 10.4. The summed E-state index contributed by atoms with van der Waals surface area (Å²) in [5.74, 6) is -0.445. The van der Waals surface area contributed by atoms with E-state index >= 15 is 0 Å². The van der Waals surface area contributed by atoms with Crippen molar-refractivity contribution in [3.05, 3.63) is 46.0 Å². The maximum atomic E-state index is 12.5. The standard InChI is InChI=1S/C15H13F3N2OS.ClH/c16-15(17,18)10-7-5-9(6-8-10)13(21)20-14-19-11-3-1-2-4-12(11)22-14;/h5-8H,1-4H2,(H,19,20,21);1H. The molecule has 8 heteroatoms. The largest absolute Gasteiger partial charge is 0.416 e. The Morgan fingerprint density at radius 1 is 1.13 bits per heavy atom. The fourth-order valence-electron chi connectivity index (χ4n) is 2.39. The van der Waals surface area contributed by atoms with Gasteiger partial charge in [0.25, 0.3) is 5.91 Å². The van der Waals surface area contributed by atoms with Crippen LogP contribution < -0.4 is 5.32 Å². The molecule has 3 nitrogen and oxygen atoms in total. The van der Waals surface area contributed by atoms with Gasteiger partial charge in [0.2, 0.25) is 0 Å². The molecule has 0 unspecified atom stereocenters. The monoisotopic (exact) mass is 362 g/mol. The van der Waals surface area contributed by atoms with Gasteiger partial charge >= 0.3 is 6.18 Å². The number of fused-ring (bicyclic) bond motifs is 1. The van der Waals surface area contributed by atoms with Crippen molar-refractivity contribution in [3.63, 3.8) is 0 Å². The highest BCUT2D eigenvalue weighted by molar-refractivity contribution is 7.15. The molecule has 0 radical (unpaired) electrons. The molecule has 3 rings (SSSR count). The Morgan fingerprint density at radius 2 is 1.78 bits per heavy atom. The van der Waals surface area contributed by atoms with Gasteiger partial charge in [-0.15, -0.1) is 23.7 Å². The second kappa shape index (κ2) is 6.88. The van der Waals surface area contributed by atoms with Gasteiger partial charge in [-0.3, -0.25) is 10.1 Å². The summed E-state index contributed by atoms with van der Waals surface area (Å²) in [6.07, 6.45) is -0.279. The number of hydrogen-bond acceptors (Lipinski definition) is 3. The highest BCUT2D eigenvalue weighted by Crippen LogP contribution is 2.31. The van der Waals surface area contributed by atoms with Gasteiger partial charge in [0, 0.05) is 10.4 Å². The van der Waals surface area contributed by atoms with Gasteiger partial charge in [-0.2, -0.15) is 13.2 Å². The van der Waals surface area contributed by atoms with Crippen molar-refractivity contribution in [2.75, 3.05) is 5.32 Å². The van der Waals surface area contributed by atoms with Gasteiger partial charge in [-0.25, -0.2) is 4.98 Å². The summed E-state index contributed by atoms with van der Waals surface area (Å²) in [5.41, 5.74) is 0.439. The van der Waals surface area contributed by atoms with E-state index in [9.17, 15) is 18.0 Å². The van der Waals surface area contributed by atoms with Crippen LogP contribution in [0.3, 0.4) is 0 Å². The van der Waals surface area contributed by atoms with E-state index in [1.54, 1.807) is 0 Å². The molecule has 0 fully saturated rings. The third-order valence-corrected chi connectivity index (χ3v) is 4.61. The number of rotatable bonds is 2. The highest BCUT2D eigenvalue weighted by Gasteiger charge is 2.30. The van der Waals surface area contributed by atoms with Crippen molar-refractivity contribution in [1.82, 2.24) is 4.98 Å². The highest BCUT2D eigenvalue weighted by atomic mass is 35.5. The van der Waals surface area contributed by atoms with Gasteiger partial charge in [0.1, 0.15) is 0 Å². The number of carbonyl (C=O) groups excluding carboxylic acids is 1. The minimum absolute atomic E-state index is 0. The molecule has 1 aliphatic rings. The summed E-state index contributed by atoms with van der Waals surface area (Å²) < 4.78 is 37.5. The maximum absolute atomic E-state index is 12.5. The molecular formula is C15H14ClF3N2OS. The molecule has 2 aromatic rings. The van der Waals surface area contributed by atoms with Gasteiger partial charge in [0.05, 0.1) is 11.3 Å². The summed E-state index contributed by atoms with van der Waals surface area (Å²) in [5, 5.41) is 3.17. The molecule has 0 atom stereocenters. The molecular weight excluding hydrogens is 349 g/mol. The molecule has 1 aromatic heterocycles. The van der Waals surface area contributed by atoms with Crippen LogP contribution in [0.15, 0.2) is 24.3 Å². The number of halogens is 4. The first-order valence-electron chi connectivity index (χ1n) is 6.91. The van der Waals surface area contributed by atoms with Gasteiger partial charge < -0.3 is 0 Å². The van der Waals surface area contributed by atoms with Crippen LogP contribution in [0, 0.1) is 0 Å². The normalized spacial score (nSPS) is 13.9. The molecule has 23 heavy (non-hydrogen) atoms. The number of anilines is 1. The Morgan fingerprint density at radius 3 is 2.39 bits per heavy atom. The molecule has 1 heterocycles. The van der Waals surface area contributed by atoms with Crippen LogP contribution in [0.2, 0.25) is 0 Å². The lowest BCUT2D eigenvalue weighted by Gasteiger charge is -2.07. The number of aromatic nitrogens is 1. The molecule has 1 aromatic carbocycles. The van der Waals surface area contributed by atoms with E-state index in [0.717, 1.165) is 43.5 Å². The summed E-state index contributed by atoms with van der Waals surface area (Å²) in [6.45, 7) is 0. The average molecular weight is 363 g/mol. The Labute approximate surface area is 141 Å². The van der Waals surface area contributed by atoms with Crippen molar-refractivity contribution < 1.29 is 18.0 Å². The topological polar surface area (TPSA) is 42.0 Å². The Balaban J connectivity index is 0.00000192. The fourth-order valence-corrected chi connectivity index (χ4v) is 3.43. The minimum atomic E-state index is -4.40. The molecule has 0 bridgehead atoms. The third kappa shape index (κ3) is 4.03. The zero-order valence-corrected chi connectivity index (χ0v) is 13.6. The SMILES string of the molecule is Cl.O=C(Nc1nc2c(s1)CCCC2)c1ccc(C(F)(F)F)cc1. The van der Waals surface area contributed by atoms with E-state index < -0.39 is 17.6 Å². The Bertz CT molecular complexity index is 674. The van der Waals surface area contributed by atoms with Gasteiger partial charge in [0.15, 0.2) is 5.13 Å². The molecule has 0 saturated heterocycles. The van der Waals surface area contributed by atoms with E-state index in [0.29, 0.717) is 5.13 Å². The number of thiazole rings is 1. The van der Waals surface area contributed by atoms with E-state index in [4.69, 9.17) is 0 Å². The lowest BCUT2D eigenvalue weighted by Crippen LogP contribution is -2.12. The molecule has 0 spiro atoms. The van der Waals surface area contributed by atoms with Gasteiger partial charge in [-0.05, 0) is 49.9 Å². The summed E-state index contributed by atoms with van der Waals surface area (Å²) in [6, 6.07) is 4.15. The molecule has 1 N–H and O–H groups in total. The number of hydrogen-bond donors (Lipinski definition) is 1. The molecule has 0 saturated carbocycles. The lowest BCUT2D eigenvalue weighted by molar-refractivity contribution is -0.137. The van der Waals surface area contributed by atoms with Crippen LogP contribution in [-0.2, 0) is 19.0 Å². The van der Waals surface area contributed by atoms with E-state index in [-0.39, 0.29) is 18.0 Å². The van der Waals surface area contributed by atoms with Crippen molar-refractivity contribution in [2.45, 2.75) is 31.9 Å². The lowest BCUT2D eigenvalue weighted by atomic mass is 10.0. The van der Waals surface area contributed by atoms with Crippen LogP contribution in [0.5, 0.6) is 0 Å². The first kappa shape index (κ1) is 17.7. The quantitative estimate of drug-likeness (QED) is 0.840. The molecule has 1 amide bonds. The summed E-state index contributed by atoms with van der Waals surface area (Å²) in [4.78, 5) is 17.6. The Hall–Kier alpha value is -1.60. The second-order valence-corrected chi connectivity index (χ2v) is 6.21. The number of nitrogens with zero attached hydrogens (tertiary/aromatic N) is 1. The van der Waals surface area contributed by atoms with Gasteiger partial charge in [-0.1, -0.05) is 0 Å². The number of nitrogens with one attached hydrogen (secondary N) is 1. The number of carbonyl (C=O) groups is 1. The van der Waals surface area contributed by atoms with Crippen molar-refractivity contribution in [2.24, 2.45) is 0 Å². The predicted molar refractivity (Wildman–Crippen MR) is 85.4 cm³/mol. The molecule has 124 valence electrons. The number of benzene rings is 1. The predicted octanol–water partition coefficient (Wildman–Crippen LogP) is 4.71. The minimum Gasteiger partial charge on any atom is -0.298 e. The number of alkyl halides is 3. The maximum Gasteiger partial charge on any atom is 0.416 e. The zero-order chi connectivity index (χ0) is 15.7. The van der Waals surface area contributed by atoms with Crippen LogP contribution in [0.4, 0.5) is 18.3 Å². The smallest absolute Gasteiger partial charge is 0.298 e. The number of aryl methyl sites for hydroxylation is 2. The van der Waals surface area contributed by atoms with Crippen molar-refractivity contribution in [3.8, 4) is 0 Å². The zero-order valence-electron chi connectivity index (χ0n) is 11.9. The second-order valence-electron chi connectivity index (χ2n) is 5.13. The average Bonchev–Trinajstić information content (AvgIpc) is 2.88. The van der Waals surface area contributed by atoms with Crippen LogP contribution in [0.25, 0.3) is 0 Å². The van der Waals surface area contributed by atoms with Crippen molar-refractivity contribution >= 4 is 34.8 Å². The van der Waals surface area contributed by atoms with E-state index in [1.807, 2.05) is 0 Å². The summed E-state index contributed by atoms with van der Waals surface area (Å²) in [7, 11) is 0. The van der Waals surface area contributed by atoms with Crippen LogP contribution in [0.1, 0.15) is 39.3 Å².